The molecule has 0 radical (unpaired) electrons. The van der Waals surface area contributed by atoms with E-state index in [1.54, 1.807) is 51.0 Å². The molecule has 0 bridgehead atoms. The van der Waals surface area contributed by atoms with Gasteiger partial charge in [0.05, 0.1) is 18.9 Å². The number of hydrogen-bond acceptors (Lipinski definition) is 5. The summed E-state index contributed by atoms with van der Waals surface area (Å²) in [5.41, 5.74) is 0.198. The molecule has 0 aliphatic carbocycles. The maximum absolute atomic E-state index is 12.5. The van der Waals surface area contributed by atoms with Crippen LogP contribution in [0.2, 0.25) is 0 Å². The van der Waals surface area contributed by atoms with Crippen LogP contribution in [0.5, 0.6) is 11.5 Å². The molecule has 1 saturated heterocycles. The molecule has 25 heavy (non-hydrogen) atoms. The summed E-state index contributed by atoms with van der Waals surface area (Å²) in [7, 11) is 3.13. The maximum atomic E-state index is 12.5. The van der Waals surface area contributed by atoms with Crippen LogP contribution >= 0.6 is 0 Å². The largest absolute Gasteiger partial charge is 0.493 e. The number of benzene rings is 1. The molecule has 0 saturated carbocycles. The first-order chi connectivity index (χ1) is 11.8. The molecule has 6 heteroatoms. The zero-order valence-corrected chi connectivity index (χ0v) is 15.6. The highest BCUT2D eigenvalue weighted by molar-refractivity contribution is 5.80. The highest BCUT2D eigenvalue weighted by Crippen LogP contribution is 2.31. The molecule has 1 heterocycles. The second kappa shape index (κ2) is 7.87. The number of carbonyl (C=O) groups is 2. The summed E-state index contributed by atoms with van der Waals surface area (Å²) in [5, 5.41) is 0. The Morgan fingerprint density at radius 2 is 1.92 bits per heavy atom. The van der Waals surface area contributed by atoms with Gasteiger partial charge >= 0.3 is 5.97 Å². The standard InChI is InChI=1S/C19H27NO5/c1-19(2,3)18(22)25-14-9-8-13(11-15(14)23-4)12-16(21)20-10-6-7-17(20)24-5/h8-9,11,17H,6-7,10,12H2,1-5H3. The van der Waals surface area contributed by atoms with Crippen molar-refractivity contribution < 1.29 is 23.8 Å². The molecule has 1 amide bonds. The molecule has 1 atom stereocenters. The van der Waals surface area contributed by atoms with Crippen LogP contribution in [0.4, 0.5) is 0 Å². The summed E-state index contributed by atoms with van der Waals surface area (Å²) >= 11 is 0. The Morgan fingerprint density at radius 1 is 1.20 bits per heavy atom. The highest BCUT2D eigenvalue weighted by Gasteiger charge is 2.29. The Labute approximate surface area is 149 Å². The van der Waals surface area contributed by atoms with Gasteiger partial charge in [-0.25, -0.2) is 0 Å². The Balaban J connectivity index is 2.10. The Hall–Kier alpha value is -2.08. The van der Waals surface area contributed by atoms with Gasteiger partial charge in [-0.05, 0) is 51.3 Å². The van der Waals surface area contributed by atoms with Crippen LogP contribution in [0.1, 0.15) is 39.2 Å². The highest BCUT2D eigenvalue weighted by atomic mass is 16.6. The lowest BCUT2D eigenvalue weighted by Gasteiger charge is -2.23. The van der Waals surface area contributed by atoms with Crippen molar-refractivity contribution in [3.05, 3.63) is 23.8 Å². The quantitative estimate of drug-likeness (QED) is 0.604. The first-order valence-electron chi connectivity index (χ1n) is 8.47. The predicted molar refractivity (Wildman–Crippen MR) is 93.5 cm³/mol. The Bertz CT molecular complexity index is 635. The van der Waals surface area contributed by atoms with Crippen LogP contribution in [-0.4, -0.2) is 43.8 Å². The monoisotopic (exact) mass is 349 g/mol. The molecule has 0 N–H and O–H groups in total. The third-order valence-corrected chi connectivity index (χ3v) is 4.19. The molecular weight excluding hydrogens is 322 g/mol. The Morgan fingerprint density at radius 3 is 2.52 bits per heavy atom. The van der Waals surface area contributed by atoms with Gasteiger partial charge in [0.15, 0.2) is 11.5 Å². The maximum Gasteiger partial charge on any atom is 0.316 e. The van der Waals surface area contributed by atoms with E-state index in [4.69, 9.17) is 14.2 Å². The number of amides is 1. The average molecular weight is 349 g/mol. The third kappa shape index (κ3) is 4.72. The second-order valence-electron chi connectivity index (χ2n) is 7.22. The molecule has 138 valence electrons. The summed E-state index contributed by atoms with van der Waals surface area (Å²) in [5.74, 6) is 0.475. The van der Waals surface area contributed by atoms with Crippen molar-refractivity contribution >= 4 is 11.9 Å². The lowest BCUT2D eigenvalue weighted by molar-refractivity contribution is -0.143. The summed E-state index contributed by atoms with van der Waals surface area (Å²) in [6.45, 7) is 6.08. The van der Waals surface area contributed by atoms with Gasteiger partial charge in [-0.15, -0.1) is 0 Å². The Kier molecular flexibility index (Phi) is 6.06. The zero-order chi connectivity index (χ0) is 18.6. The average Bonchev–Trinajstić information content (AvgIpc) is 3.04. The minimum absolute atomic E-state index is 0.0193. The van der Waals surface area contributed by atoms with Gasteiger partial charge in [-0.2, -0.15) is 0 Å². The van der Waals surface area contributed by atoms with E-state index in [0.29, 0.717) is 11.5 Å². The number of esters is 1. The molecule has 6 nitrogen and oxygen atoms in total. The van der Waals surface area contributed by atoms with Crippen LogP contribution in [0, 0.1) is 5.41 Å². The topological polar surface area (TPSA) is 65.1 Å². The third-order valence-electron chi connectivity index (χ3n) is 4.19. The first-order valence-corrected chi connectivity index (χ1v) is 8.47. The zero-order valence-electron chi connectivity index (χ0n) is 15.6. The summed E-state index contributed by atoms with van der Waals surface area (Å²) in [6, 6.07) is 5.19. The summed E-state index contributed by atoms with van der Waals surface area (Å²) in [4.78, 5) is 26.3. The lowest BCUT2D eigenvalue weighted by Crippen LogP contribution is -2.37. The molecule has 1 aromatic carbocycles. The normalized spacial score (nSPS) is 17.5. The fourth-order valence-corrected chi connectivity index (χ4v) is 2.70. The fourth-order valence-electron chi connectivity index (χ4n) is 2.70. The number of rotatable bonds is 5. The van der Waals surface area contributed by atoms with E-state index in [1.807, 2.05) is 0 Å². The van der Waals surface area contributed by atoms with Crippen molar-refractivity contribution in [2.45, 2.75) is 46.3 Å². The van der Waals surface area contributed by atoms with Crippen LogP contribution < -0.4 is 9.47 Å². The van der Waals surface area contributed by atoms with E-state index in [9.17, 15) is 9.59 Å². The van der Waals surface area contributed by atoms with Gasteiger partial charge in [-0.3, -0.25) is 9.59 Å². The molecule has 1 aliphatic heterocycles. The number of likely N-dealkylation sites (tertiary alicyclic amines) is 1. The first kappa shape index (κ1) is 19.2. The van der Waals surface area contributed by atoms with Crippen molar-refractivity contribution in [1.29, 1.82) is 0 Å². The summed E-state index contributed by atoms with van der Waals surface area (Å²) < 4.78 is 16.1. The fraction of sp³-hybridized carbons (Fsp3) is 0.579. The molecule has 2 rings (SSSR count). The molecule has 0 spiro atoms. The number of methoxy groups -OCH3 is 2. The predicted octanol–water partition coefficient (Wildman–Crippen LogP) is 2.78. The van der Waals surface area contributed by atoms with Crippen molar-refractivity contribution in [3.8, 4) is 11.5 Å². The molecule has 1 fully saturated rings. The van der Waals surface area contributed by atoms with Crippen molar-refractivity contribution in [2.75, 3.05) is 20.8 Å². The molecule has 1 aromatic rings. The number of ether oxygens (including phenoxy) is 3. The minimum Gasteiger partial charge on any atom is -0.493 e. The van der Waals surface area contributed by atoms with Gasteiger partial charge in [0.2, 0.25) is 5.91 Å². The van der Waals surface area contributed by atoms with E-state index in [0.717, 1.165) is 24.9 Å². The van der Waals surface area contributed by atoms with Crippen molar-refractivity contribution in [2.24, 2.45) is 5.41 Å². The number of carbonyl (C=O) groups excluding carboxylic acids is 2. The van der Waals surface area contributed by atoms with Crippen molar-refractivity contribution in [3.63, 3.8) is 0 Å². The molecular formula is C19H27NO5. The SMILES string of the molecule is COc1cc(CC(=O)N2CCCC2OC)ccc1OC(=O)C(C)(C)C. The number of hydrogen-bond donors (Lipinski definition) is 0. The van der Waals surface area contributed by atoms with Gasteiger partial charge in [-0.1, -0.05) is 6.07 Å². The van der Waals surface area contributed by atoms with E-state index >= 15 is 0 Å². The van der Waals surface area contributed by atoms with Gasteiger partial charge in [0, 0.05) is 13.7 Å². The molecule has 1 aliphatic rings. The van der Waals surface area contributed by atoms with Crippen LogP contribution in [-0.2, 0) is 20.7 Å². The summed E-state index contributed by atoms with van der Waals surface area (Å²) in [6.07, 6.45) is 1.94. The second-order valence-corrected chi connectivity index (χ2v) is 7.22. The van der Waals surface area contributed by atoms with Crippen LogP contribution in [0.25, 0.3) is 0 Å². The van der Waals surface area contributed by atoms with Gasteiger partial charge in [0.1, 0.15) is 6.23 Å². The van der Waals surface area contributed by atoms with Crippen LogP contribution in [0.3, 0.4) is 0 Å². The number of nitrogens with zero attached hydrogens (tertiary/aromatic N) is 1. The van der Waals surface area contributed by atoms with E-state index < -0.39 is 5.41 Å². The molecule has 1 unspecified atom stereocenters. The van der Waals surface area contributed by atoms with Crippen molar-refractivity contribution in [1.82, 2.24) is 4.90 Å². The van der Waals surface area contributed by atoms with Gasteiger partial charge in [0.25, 0.3) is 0 Å². The lowest BCUT2D eigenvalue weighted by atomic mass is 9.97. The van der Waals surface area contributed by atoms with E-state index in [1.165, 1.54) is 7.11 Å². The minimum atomic E-state index is -0.607. The molecule has 0 aromatic heterocycles. The van der Waals surface area contributed by atoms with E-state index in [2.05, 4.69) is 0 Å². The van der Waals surface area contributed by atoms with E-state index in [-0.39, 0.29) is 24.5 Å². The van der Waals surface area contributed by atoms with Gasteiger partial charge < -0.3 is 19.1 Å². The van der Waals surface area contributed by atoms with Crippen LogP contribution in [0.15, 0.2) is 18.2 Å². The smallest absolute Gasteiger partial charge is 0.316 e.